The second-order valence-corrected chi connectivity index (χ2v) is 7.44. The standard InChI is InChI=1S/C21H32N4O/c1-3-25-19-11-7-6-10-18(19)23-20(25)12-13-21(26)22-17(2)16-24-14-8-4-5-9-15-24/h6-7,10-11,17H,3-5,8-9,12-16H2,1-2H3,(H,22,26)/t17-/m0/s1. The minimum absolute atomic E-state index is 0.127. The largest absolute Gasteiger partial charge is 0.352 e. The lowest BCUT2D eigenvalue weighted by atomic mass is 10.2. The van der Waals surface area contributed by atoms with Crippen LogP contribution >= 0.6 is 0 Å². The number of nitrogens with one attached hydrogen (secondary N) is 1. The fourth-order valence-electron chi connectivity index (χ4n) is 3.99. The van der Waals surface area contributed by atoms with Crippen LogP contribution in [0.4, 0.5) is 0 Å². The highest BCUT2D eigenvalue weighted by Gasteiger charge is 2.15. The number of hydrogen-bond donors (Lipinski definition) is 1. The fraction of sp³-hybridized carbons (Fsp3) is 0.619. The topological polar surface area (TPSA) is 50.2 Å². The summed E-state index contributed by atoms with van der Waals surface area (Å²) in [4.78, 5) is 19.6. The first kappa shape index (κ1) is 18.9. The zero-order valence-electron chi connectivity index (χ0n) is 16.2. The number of nitrogens with zero attached hydrogens (tertiary/aromatic N) is 3. The first-order chi connectivity index (χ1) is 12.7. The smallest absolute Gasteiger partial charge is 0.220 e. The van der Waals surface area contributed by atoms with Crippen molar-refractivity contribution in [3.63, 3.8) is 0 Å². The molecule has 1 fully saturated rings. The molecule has 0 bridgehead atoms. The average molecular weight is 357 g/mol. The number of carbonyl (C=O) groups is 1. The summed E-state index contributed by atoms with van der Waals surface area (Å²) in [6.07, 6.45) is 6.44. The van der Waals surface area contributed by atoms with E-state index < -0.39 is 0 Å². The van der Waals surface area contributed by atoms with Crippen molar-refractivity contribution in [1.29, 1.82) is 0 Å². The Morgan fingerprint density at radius 1 is 1.19 bits per heavy atom. The fourth-order valence-corrected chi connectivity index (χ4v) is 3.99. The van der Waals surface area contributed by atoms with Gasteiger partial charge >= 0.3 is 0 Å². The van der Waals surface area contributed by atoms with E-state index in [1.54, 1.807) is 0 Å². The third-order valence-electron chi connectivity index (χ3n) is 5.26. The molecule has 2 aromatic rings. The van der Waals surface area contributed by atoms with Gasteiger partial charge in [0.1, 0.15) is 5.82 Å². The van der Waals surface area contributed by atoms with Crippen molar-refractivity contribution in [2.45, 2.75) is 65.0 Å². The average Bonchev–Trinajstić information content (AvgIpc) is 2.79. The SMILES string of the molecule is CCn1c(CCC(=O)N[C@@H](C)CN2CCCCCC2)nc2ccccc21. The van der Waals surface area contributed by atoms with Crippen molar-refractivity contribution in [3.8, 4) is 0 Å². The van der Waals surface area contributed by atoms with Crippen LogP contribution in [-0.2, 0) is 17.8 Å². The quantitative estimate of drug-likeness (QED) is 0.827. The molecule has 1 aliphatic heterocycles. The molecule has 5 heteroatoms. The van der Waals surface area contributed by atoms with Crippen LogP contribution < -0.4 is 5.32 Å². The summed E-state index contributed by atoms with van der Waals surface area (Å²) in [5.41, 5.74) is 2.17. The van der Waals surface area contributed by atoms with Gasteiger partial charge in [-0.1, -0.05) is 25.0 Å². The van der Waals surface area contributed by atoms with Crippen LogP contribution in [0.3, 0.4) is 0 Å². The second kappa shape index (κ2) is 9.17. The summed E-state index contributed by atoms with van der Waals surface area (Å²) < 4.78 is 2.21. The van der Waals surface area contributed by atoms with E-state index in [4.69, 9.17) is 4.98 Å². The van der Waals surface area contributed by atoms with E-state index in [1.807, 2.05) is 18.2 Å². The lowest BCUT2D eigenvalue weighted by Gasteiger charge is -2.24. The number of likely N-dealkylation sites (tertiary alicyclic amines) is 1. The summed E-state index contributed by atoms with van der Waals surface area (Å²) in [6, 6.07) is 8.38. The first-order valence-corrected chi connectivity index (χ1v) is 10.1. The van der Waals surface area contributed by atoms with Gasteiger partial charge in [0.15, 0.2) is 0 Å². The van der Waals surface area contributed by atoms with E-state index in [-0.39, 0.29) is 11.9 Å². The van der Waals surface area contributed by atoms with E-state index in [2.05, 4.69) is 34.7 Å². The molecule has 0 radical (unpaired) electrons. The van der Waals surface area contributed by atoms with Crippen molar-refractivity contribution >= 4 is 16.9 Å². The molecule has 0 unspecified atom stereocenters. The van der Waals surface area contributed by atoms with Crippen molar-refractivity contribution in [1.82, 2.24) is 19.8 Å². The predicted molar refractivity (Wildman–Crippen MR) is 106 cm³/mol. The Kier molecular flexibility index (Phi) is 6.67. The number of benzene rings is 1. The summed E-state index contributed by atoms with van der Waals surface area (Å²) in [5.74, 6) is 1.13. The molecule has 0 aliphatic carbocycles. The molecule has 1 saturated heterocycles. The van der Waals surface area contributed by atoms with Gasteiger partial charge in [0, 0.05) is 32.0 Å². The Bertz CT molecular complexity index is 716. The van der Waals surface area contributed by atoms with Crippen LogP contribution in [0.1, 0.15) is 51.8 Å². The van der Waals surface area contributed by atoms with Crippen LogP contribution in [0, 0.1) is 0 Å². The lowest BCUT2D eigenvalue weighted by molar-refractivity contribution is -0.121. The first-order valence-electron chi connectivity index (χ1n) is 10.1. The molecule has 142 valence electrons. The summed E-state index contributed by atoms with van der Waals surface area (Å²) in [7, 11) is 0. The highest BCUT2D eigenvalue weighted by Crippen LogP contribution is 2.17. The van der Waals surface area contributed by atoms with Crippen molar-refractivity contribution in [3.05, 3.63) is 30.1 Å². The molecule has 1 aromatic heterocycles. The van der Waals surface area contributed by atoms with Gasteiger partial charge in [-0.05, 0) is 51.9 Å². The number of amides is 1. The molecular weight excluding hydrogens is 324 g/mol. The molecule has 3 rings (SSSR count). The number of carbonyl (C=O) groups excluding carboxylic acids is 1. The van der Waals surface area contributed by atoms with Gasteiger partial charge in [0.25, 0.3) is 0 Å². The Balaban J connectivity index is 1.50. The molecule has 1 aliphatic rings. The van der Waals surface area contributed by atoms with Crippen LogP contribution in [0.25, 0.3) is 11.0 Å². The minimum Gasteiger partial charge on any atom is -0.352 e. The Morgan fingerprint density at radius 2 is 1.92 bits per heavy atom. The third kappa shape index (κ3) is 4.85. The molecule has 1 aromatic carbocycles. The highest BCUT2D eigenvalue weighted by molar-refractivity contribution is 5.78. The third-order valence-corrected chi connectivity index (χ3v) is 5.26. The monoisotopic (exact) mass is 356 g/mol. The van der Waals surface area contributed by atoms with E-state index in [1.165, 1.54) is 38.8 Å². The van der Waals surface area contributed by atoms with Gasteiger partial charge < -0.3 is 14.8 Å². The summed E-state index contributed by atoms with van der Waals surface area (Å²) >= 11 is 0. The van der Waals surface area contributed by atoms with Crippen LogP contribution in [-0.4, -0.2) is 46.0 Å². The van der Waals surface area contributed by atoms with Crippen molar-refractivity contribution in [2.24, 2.45) is 0 Å². The van der Waals surface area contributed by atoms with E-state index >= 15 is 0 Å². The van der Waals surface area contributed by atoms with Gasteiger partial charge in [0.05, 0.1) is 11.0 Å². The minimum atomic E-state index is 0.127. The molecule has 5 nitrogen and oxygen atoms in total. The number of rotatable bonds is 7. The molecule has 1 amide bonds. The van der Waals surface area contributed by atoms with Crippen LogP contribution in [0.15, 0.2) is 24.3 Å². The number of aryl methyl sites for hydroxylation is 2. The normalized spacial score (nSPS) is 17.2. The number of para-hydroxylation sites is 2. The Hall–Kier alpha value is -1.88. The van der Waals surface area contributed by atoms with Gasteiger partial charge in [-0.3, -0.25) is 4.79 Å². The highest BCUT2D eigenvalue weighted by atomic mass is 16.1. The van der Waals surface area contributed by atoms with E-state index in [0.29, 0.717) is 12.8 Å². The van der Waals surface area contributed by atoms with Gasteiger partial charge in [-0.15, -0.1) is 0 Å². The van der Waals surface area contributed by atoms with Crippen LogP contribution in [0.2, 0.25) is 0 Å². The van der Waals surface area contributed by atoms with Crippen LogP contribution in [0.5, 0.6) is 0 Å². The van der Waals surface area contributed by atoms with Gasteiger partial charge in [-0.2, -0.15) is 0 Å². The molecule has 2 heterocycles. The summed E-state index contributed by atoms with van der Waals surface area (Å²) in [5, 5.41) is 3.17. The van der Waals surface area contributed by atoms with Crippen molar-refractivity contribution < 1.29 is 4.79 Å². The number of imidazole rings is 1. The molecule has 26 heavy (non-hydrogen) atoms. The van der Waals surface area contributed by atoms with E-state index in [9.17, 15) is 4.79 Å². The molecule has 0 spiro atoms. The maximum atomic E-state index is 12.4. The van der Waals surface area contributed by atoms with Gasteiger partial charge in [0.2, 0.25) is 5.91 Å². The number of hydrogen-bond acceptors (Lipinski definition) is 3. The number of aromatic nitrogens is 2. The summed E-state index contributed by atoms with van der Waals surface area (Å²) in [6.45, 7) is 8.41. The predicted octanol–water partition coefficient (Wildman–Crippen LogP) is 3.37. The molecule has 1 N–H and O–H groups in total. The van der Waals surface area contributed by atoms with E-state index in [0.717, 1.165) is 29.9 Å². The second-order valence-electron chi connectivity index (χ2n) is 7.44. The maximum absolute atomic E-state index is 12.4. The Labute approximate surface area is 156 Å². The number of fused-ring (bicyclic) bond motifs is 1. The van der Waals surface area contributed by atoms with Gasteiger partial charge in [-0.25, -0.2) is 4.98 Å². The van der Waals surface area contributed by atoms with Crippen molar-refractivity contribution in [2.75, 3.05) is 19.6 Å². The maximum Gasteiger partial charge on any atom is 0.220 e. The zero-order valence-corrected chi connectivity index (χ0v) is 16.2. The zero-order chi connectivity index (χ0) is 18.4. The Morgan fingerprint density at radius 3 is 2.65 bits per heavy atom. The lowest BCUT2D eigenvalue weighted by Crippen LogP contribution is -2.42. The molecule has 1 atom stereocenters. The molecule has 0 saturated carbocycles. The molecular formula is C21H32N4O.